The summed E-state index contributed by atoms with van der Waals surface area (Å²) in [6.07, 6.45) is 2.23. The van der Waals surface area contributed by atoms with Crippen LogP contribution in [-0.2, 0) is 0 Å². The van der Waals surface area contributed by atoms with Crippen molar-refractivity contribution in [3.05, 3.63) is 108 Å². The number of hydrogen-bond donors (Lipinski definition) is 0. The number of rotatable bonds is 3. The Morgan fingerprint density at radius 1 is 0.708 bits per heavy atom. The first-order chi connectivity index (χ1) is 11.9. The maximum absolute atomic E-state index is 4.89. The van der Waals surface area contributed by atoms with E-state index in [9.17, 15) is 0 Å². The number of hydrazone groups is 1. The Bertz CT molecular complexity index is 866. The average molecular weight is 310 g/mol. The van der Waals surface area contributed by atoms with Gasteiger partial charge in [0.15, 0.2) is 0 Å². The Balaban J connectivity index is 1.76. The summed E-state index contributed by atoms with van der Waals surface area (Å²) < 4.78 is 0. The van der Waals surface area contributed by atoms with E-state index in [0.29, 0.717) is 0 Å². The fraction of sp³-hybridized carbons (Fsp3) is 0.0455. The van der Waals surface area contributed by atoms with Gasteiger partial charge in [-0.25, -0.2) is 0 Å². The summed E-state index contributed by atoms with van der Waals surface area (Å²) in [5.41, 5.74) is 5.74. The van der Waals surface area contributed by atoms with E-state index in [1.165, 1.54) is 11.1 Å². The maximum Gasteiger partial charge on any atom is 0.0959 e. The molecule has 0 atom stereocenters. The van der Waals surface area contributed by atoms with E-state index >= 15 is 0 Å². The van der Waals surface area contributed by atoms with Gasteiger partial charge >= 0.3 is 0 Å². The Morgan fingerprint density at radius 3 is 1.96 bits per heavy atom. The normalized spacial score (nSPS) is 15.6. The van der Waals surface area contributed by atoms with Crippen molar-refractivity contribution in [1.29, 1.82) is 0 Å². The molecule has 0 unspecified atom stereocenters. The molecule has 24 heavy (non-hydrogen) atoms. The van der Waals surface area contributed by atoms with Crippen LogP contribution >= 0.6 is 0 Å². The topological polar surface area (TPSA) is 15.6 Å². The van der Waals surface area contributed by atoms with Crippen LogP contribution in [0, 0.1) is 0 Å². The molecule has 2 nitrogen and oxygen atoms in total. The van der Waals surface area contributed by atoms with Crippen LogP contribution in [0.3, 0.4) is 0 Å². The van der Waals surface area contributed by atoms with Crippen molar-refractivity contribution in [1.82, 2.24) is 0 Å². The third-order valence-electron chi connectivity index (χ3n) is 4.09. The molecule has 4 rings (SSSR count). The largest absolute Gasteiger partial charge is 0.260 e. The molecule has 0 saturated carbocycles. The Labute approximate surface area is 142 Å². The van der Waals surface area contributed by atoms with E-state index in [1.807, 2.05) is 30.3 Å². The zero-order chi connectivity index (χ0) is 16.2. The van der Waals surface area contributed by atoms with Gasteiger partial charge in [-0.1, -0.05) is 78.9 Å². The van der Waals surface area contributed by atoms with Gasteiger partial charge in [0.1, 0.15) is 0 Å². The highest BCUT2D eigenvalue weighted by atomic mass is 15.5. The van der Waals surface area contributed by atoms with Crippen LogP contribution in [0.15, 0.2) is 102 Å². The second-order valence-corrected chi connectivity index (χ2v) is 5.79. The molecule has 0 fully saturated rings. The van der Waals surface area contributed by atoms with Gasteiger partial charge < -0.3 is 0 Å². The molecule has 0 saturated heterocycles. The standard InChI is InChI=1S/C22H18N2/c1-4-10-18(11-5-1)16-20-17-24(21-14-8-3-9-15-21)23-22(20)19-12-6-2-7-13-19/h1-16H,17H2/b20-16+. The summed E-state index contributed by atoms with van der Waals surface area (Å²) in [5.74, 6) is 0. The van der Waals surface area contributed by atoms with Gasteiger partial charge in [0, 0.05) is 11.1 Å². The van der Waals surface area contributed by atoms with Gasteiger partial charge in [0.25, 0.3) is 0 Å². The van der Waals surface area contributed by atoms with E-state index in [2.05, 4.69) is 71.7 Å². The third-order valence-corrected chi connectivity index (χ3v) is 4.09. The second-order valence-electron chi connectivity index (χ2n) is 5.79. The number of para-hydroxylation sites is 1. The number of nitrogens with zero attached hydrogens (tertiary/aromatic N) is 2. The second kappa shape index (κ2) is 6.55. The number of anilines is 1. The predicted molar refractivity (Wildman–Crippen MR) is 101 cm³/mol. The lowest BCUT2D eigenvalue weighted by Gasteiger charge is -2.12. The predicted octanol–water partition coefficient (Wildman–Crippen LogP) is 4.99. The minimum atomic E-state index is 0.781. The minimum Gasteiger partial charge on any atom is -0.260 e. The summed E-state index contributed by atoms with van der Waals surface area (Å²) in [7, 11) is 0. The SMILES string of the molecule is C(=C1/CN(c2ccccc2)N=C1c1ccccc1)/c1ccccc1. The van der Waals surface area contributed by atoms with Crippen LogP contribution in [0.5, 0.6) is 0 Å². The fourth-order valence-corrected chi connectivity index (χ4v) is 2.91. The van der Waals surface area contributed by atoms with Crippen molar-refractivity contribution in [3.63, 3.8) is 0 Å². The summed E-state index contributed by atoms with van der Waals surface area (Å²) in [4.78, 5) is 0. The smallest absolute Gasteiger partial charge is 0.0959 e. The van der Waals surface area contributed by atoms with Gasteiger partial charge in [0.2, 0.25) is 0 Å². The lowest BCUT2D eigenvalue weighted by atomic mass is 10.0. The van der Waals surface area contributed by atoms with Crippen LogP contribution in [0.2, 0.25) is 0 Å². The highest BCUT2D eigenvalue weighted by Crippen LogP contribution is 2.26. The van der Waals surface area contributed by atoms with E-state index in [4.69, 9.17) is 5.10 Å². The molecule has 2 heteroatoms. The van der Waals surface area contributed by atoms with Crippen molar-refractivity contribution >= 4 is 17.5 Å². The summed E-state index contributed by atoms with van der Waals surface area (Å²) in [5, 5.41) is 6.95. The van der Waals surface area contributed by atoms with Gasteiger partial charge in [-0.2, -0.15) is 5.10 Å². The lowest BCUT2D eigenvalue weighted by molar-refractivity contribution is 0.973. The first kappa shape index (κ1) is 14.5. The summed E-state index contributed by atoms with van der Waals surface area (Å²) in [6.45, 7) is 0.781. The monoisotopic (exact) mass is 310 g/mol. The number of benzene rings is 3. The van der Waals surface area contributed by atoms with E-state index in [0.717, 1.165) is 23.5 Å². The highest BCUT2D eigenvalue weighted by molar-refractivity contribution is 6.17. The van der Waals surface area contributed by atoms with Crippen LogP contribution in [0.4, 0.5) is 5.69 Å². The molecule has 0 radical (unpaired) electrons. The zero-order valence-electron chi connectivity index (χ0n) is 13.3. The molecule has 1 heterocycles. The molecule has 0 N–H and O–H groups in total. The van der Waals surface area contributed by atoms with Gasteiger partial charge in [-0.15, -0.1) is 0 Å². The molecule has 0 aromatic heterocycles. The molecule has 1 aliphatic heterocycles. The fourth-order valence-electron chi connectivity index (χ4n) is 2.91. The molecule has 116 valence electrons. The zero-order valence-corrected chi connectivity index (χ0v) is 13.3. The molecule has 1 aliphatic rings. The Hall–Kier alpha value is -3.13. The van der Waals surface area contributed by atoms with E-state index in [-0.39, 0.29) is 0 Å². The molecule has 3 aromatic carbocycles. The molecule has 3 aromatic rings. The highest BCUT2D eigenvalue weighted by Gasteiger charge is 2.22. The van der Waals surface area contributed by atoms with Crippen LogP contribution < -0.4 is 5.01 Å². The Kier molecular flexibility index (Phi) is 3.95. The molecule has 0 spiro atoms. The van der Waals surface area contributed by atoms with E-state index in [1.54, 1.807) is 0 Å². The van der Waals surface area contributed by atoms with Crippen LogP contribution in [0.25, 0.3) is 6.08 Å². The van der Waals surface area contributed by atoms with Crippen LogP contribution in [-0.4, -0.2) is 12.3 Å². The lowest BCUT2D eigenvalue weighted by Crippen LogP contribution is -2.12. The molecule has 0 amide bonds. The molecule has 0 aliphatic carbocycles. The minimum absolute atomic E-state index is 0.781. The van der Waals surface area contributed by atoms with Crippen molar-refractivity contribution in [2.75, 3.05) is 11.6 Å². The molecular weight excluding hydrogens is 292 g/mol. The quantitative estimate of drug-likeness (QED) is 0.665. The summed E-state index contributed by atoms with van der Waals surface area (Å²) in [6, 6.07) is 31.1. The first-order valence-corrected chi connectivity index (χ1v) is 8.13. The van der Waals surface area contributed by atoms with Gasteiger partial charge in [-0.05, 0) is 23.8 Å². The first-order valence-electron chi connectivity index (χ1n) is 8.13. The van der Waals surface area contributed by atoms with Gasteiger partial charge in [0.05, 0.1) is 17.9 Å². The Morgan fingerprint density at radius 2 is 1.29 bits per heavy atom. The van der Waals surface area contributed by atoms with Crippen molar-refractivity contribution in [3.8, 4) is 0 Å². The van der Waals surface area contributed by atoms with E-state index < -0.39 is 0 Å². The number of hydrogen-bond acceptors (Lipinski definition) is 2. The average Bonchev–Trinajstić information content (AvgIpc) is 3.08. The van der Waals surface area contributed by atoms with Gasteiger partial charge in [-0.3, -0.25) is 5.01 Å². The van der Waals surface area contributed by atoms with Crippen molar-refractivity contribution in [2.45, 2.75) is 0 Å². The van der Waals surface area contributed by atoms with Crippen molar-refractivity contribution in [2.24, 2.45) is 5.10 Å². The molecule has 0 bridgehead atoms. The maximum atomic E-state index is 4.89. The van der Waals surface area contributed by atoms with Crippen molar-refractivity contribution < 1.29 is 0 Å². The molecular formula is C22H18N2. The third kappa shape index (κ3) is 2.99. The van der Waals surface area contributed by atoms with Crippen LogP contribution in [0.1, 0.15) is 11.1 Å². The summed E-state index contributed by atoms with van der Waals surface area (Å²) >= 11 is 0.